The van der Waals surface area contributed by atoms with E-state index < -0.39 is 0 Å². The molecule has 26 heavy (non-hydrogen) atoms. The molecule has 1 fully saturated rings. The van der Waals surface area contributed by atoms with Crippen LogP contribution in [0, 0.1) is 0 Å². The molecule has 2 heterocycles. The number of aromatic nitrogens is 1. The Bertz CT molecular complexity index is 770. The van der Waals surface area contributed by atoms with Crippen molar-refractivity contribution in [2.75, 3.05) is 33.6 Å². The number of thioether (sulfide) groups is 1. The molecule has 0 spiro atoms. The summed E-state index contributed by atoms with van der Waals surface area (Å²) < 4.78 is 16.4. The summed E-state index contributed by atoms with van der Waals surface area (Å²) in [5.74, 6) is 2.32. The van der Waals surface area contributed by atoms with Crippen LogP contribution in [0.25, 0.3) is 0 Å². The van der Waals surface area contributed by atoms with Crippen molar-refractivity contribution < 1.29 is 19.0 Å². The number of pyridine rings is 1. The van der Waals surface area contributed by atoms with Crippen LogP contribution in [0.1, 0.15) is 16.5 Å². The average Bonchev–Trinajstić information content (AvgIpc) is 3.06. The van der Waals surface area contributed by atoms with E-state index in [4.69, 9.17) is 14.2 Å². The van der Waals surface area contributed by atoms with Crippen LogP contribution >= 0.6 is 11.8 Å². The minimum Gasteiger partial charge on any atom is -0.493 e. The lowest BCUT2D eigenvalue weighted by atomic mass is 10.1. The standard InChI is InChI=1S/C19H22N2O4S/c1-23-15-7-6-14(17(24-2)18(15)25-3)19-21(16(22)12-26-19)10-8-13-5-4-9-20-11-13/h4-7,9,11,19H,8,10,12H2,1-3H3. The Balaban J connectivity index is 1.88. The van der Waals surface area contributed by atoms with Crippen molar-refractivity contribution in [3.63, 3.8) is 0 Å². The van der Waals surface area contributed by atoms with Gasteiger partial charge in [0.05, 0.1) is 27.1 Å². The molecule has 1 aromatic carbocycles. The highest BCUT2D eigenvalue weighted by Crippen LogP contribution is 2.48. The first-order chi connectivity index (χ1) is 12.7. The van der Waals surface area contributed by atoms with Gasteiger partial charge in [0, 0.05) is 24.5 Å². The van der Waals surface area contributed by atoms with Gasteiger partial charge >= 0.3 is 0 Å². The Morgan fingerprint density at radius 3 is 2.62 bits per heavy atom. The lowest BCUT2D eigenvalue weighted by Gasteiger charge is -2.26. The third-order valence-electron chi connectivity index (χ3n) is 4.33. The van der Waals surface area contributed by atoms with E-state index in [1.807, 2.05) is 35.4 Å². The number of carbonyl (C=O) groups is 1. The molecular formula is C19H22N2O4S. The lowest BCUT2D eigenvalue weighted by molar-refractivity contribution is -0.128. The van der Waals surface area contributed by atoms with Crippen LogP contribution in [0.4, 0.5) is 0 Å². The second-order valence-corrected chi connectivity index (χ2v) is 6.85. The lowest BCUT2D eigenvalue weighted by Crippen LogP contribution is -2.30. The van der Waals surface area contributed by atoms with Crippen molar-refractivity contribution in [2.45, 2.75) is 11.8 Å². The van der Waals surface area contributed by atoms with Gasteiger partial charge in [-0.2, -0.15) is 0 Å². The predicted octanol–water partition coefficient (Wildman–Crippen LogP) is 2.92. The number of carbonyl (C=O) groups excluding carboxylic acids is 1. The minimum absolute atomic E-state index is 0.117. The highest BCUT2D eigenvalue weighted by atomic mass is 32.2. The van der Waals surface area contributed by atoms with E-state index in [2.05, 4.69) is 4.98 Å². The van der Waals surface area contributed by atoms with Crippen LogP contribution in [0.2, 0.25) is 0 Å². The SMILES string of the molecule is COc1ccc(C2SCC(=O)N2CCc2cccnc2)c(OC)c1OC. The number of hydrogen-bond donors (Lipinski definition) is 0. The van der Waals surface area contributed by atoms with Gasteiger partial charge in [-0.25, -0.2) is 0 Å². The van der Waals surface area contributed by atoms with E-state index in [1.165, 1.54) is 0 Å². The van der Waals surface area contributed by atoms with Crippen molar-refractivity contribution in [2.24, 2.45) is 0 Å². The van der Waals surface area contributed by atoms with Gasteiger partial charge < -0.3 is 19.1 Å². The molecule has 1 aromatic heterocycles. The first-order valence-electron chi connectivity index (χ1n) is 8.28. The fourth-order valence-corrected chi connectivity index (χ4v) is 4.30. The molecule has 1 aliphatic rings. The van der Waals surface area contributed by atoms with Gasteiger partial charge in [0.1, 0.15) is 5.37 Å². The normalized spacial score (nSPS) is 16.7. The number of methoxy groups -OCH3 is 3. The Kier molecular flexibility index (Phi) is 5.88. The molecule has 1 saturated heterocycles. The Morgan fingerprint density at radius 1 is 1.15 bits per heavy atom. The smallest absolute Gasteiger partial charge is 0.233 e. The number of nitrogens with zero attached hydrogens (tertiary/aromatic N) is 2. The van der Waals surface area contributed by atoms with Gasteiger partial charge in [-0.3, -0.25) is 9.78 Å². The molecule has 0 saturated carbocycles. The Hall–Kier alpha value is -2.41. The fraction of sp³-hybridized carbons (Fsp3) is 0.368. The van der Waals surface area contributed by atoms with Crippen LogP contribution in [-0.4, -0.2) is 49.4 Å². The third-order valence-corrected chi connectivity index (χ3v) is 5.57. The predicted molar refractivity (Wildman–Crippen MR) is 101 cm³/mol. The third kappa shape index (κ3) is 3.58. The summed E-state index contributed by atoms with van der Waals surface area (Å²) in [5, 5.41) is -0.117. The van der Waals surface area contributed by atoms with Crippen molar-refractivity contribution >= 4 is 17.7 Å². The summed E-state index contributed by atoms with van der Waals surface area (Å²) in [4.78, 5) is 18.5. The zero-order valence-electron chi connectivity index (χ0n) is 15.1. The van der Waals surface area contributed by atoms with Crippen molar-refractivity contribution in [3.05, 3.63) is 47.8 Å². The van der Waals surface area contributed by atoms with Crippen LogP contribution in [0.5, 0.6) is 17.2 Å². The van der Waals surface area contributed by atoms with Gasteiger partial charge in [-0.1, -0.05) is 6.07 Å². The molecule has 1 unspecified atom stereocenters. The average molecular weight is 374 g/mol. The van der Waals surface area contributed by atoms with Crippen LogP contribution in [0.3, 0.4) is 0 Å². The van der Waals surface area contributed by atoms with E-state index >= 15 is 0 Å². The van der Waals surface area contributed by atoms with E-state index in [-0.39, 0.29) is 11.3 Å². The van der Waals surface area contributed by atoms with Crippen molar-refractivity contribution in [1.29, 1.82) is 0 Å². The Morgan fingerprint density at radius 2 is 1.96 bits per heavy atom. The van der Waals surface area contributed by atoms with E-state index in [1.54, 1.807) is 39.3 Å². The van der Waals surface area contributed by atoms with Crippen molar-refractivity contribution in [1.82, 2.24) is 9.88 Å². The summed E-state index contributed by atoms with van der Waals surface area (Å²) >= 11 is 1.59. The molecule has 0 bridgehead atoms. The van der Waals surface area contributed by atoms with Crippen LogP contribution in [-0.2, 0) is 11.2 Å². The summed E-state index contributed by atoms with van der Waals surface area (Å²) in [6.45, 7) is 0.625. The minimum atomic E-state index is -0.117. The first-order valence-corrected chi connectivity index (χ1v) is 9.33. The van der Waals surface area contributed by atoms with E-state index in [9.17, 15) is 4.79 Å². The largest absolute Gasteiger partial charge is 0.493 e. The maximum absolute atomic E-state index is 12.4. The molecule has 1 amide bonds. The highest BCUT2D eigenvalue weighted by molar-refractivity contribution is 8.00. The molecule has 0 aliphatic carbocycles. The molecule has 0 N–H and O–H groups in total. The number of ether oxygens (including phenoxy) is 3. The summed E-state index contributed by atoms with van der Waals surface area (Å²) in [6, 6.07) is 7.71. The summed E-state index contributed by atoms with van der Waals surface area (Å²) in [5.41, 5.74) is 2.02. The maximum Gasteiger partial charge on any atom is 0.233 e. The summed E-state index contributed by atoms with van der Waals surface area (Å²) in [6.07, 6.45) is 4.34. The number of hydrogen-bond acceptors (Lipinski definition) is 6. The van der Waals surface area contributed by atoms with Crippen molar-refractivity contribution in [3.8, 4) is 17.2 Å². The molecule has 138 valence electrons. The zero-order valence-corrected chi connectivity index (χ0v) is 15.9. The van der Waals surface area contributed by atoms with Gasteiger partial charge in [0.15, 0.2) is 11.5 Å². The van der Waals surface area contributed by atoms with Crippen LogP contribution < -0.4 is 14.2 Å². The van der Waals surface area contributed by atoms with Gasteiger partial charge in [0.25, 0.3) is 0 Å². The Labute approximate surface area is 157 Å². The van der Waals surface area contributed by atoms with E-state index in [0.717, 1.165) is 17.5 Å². The van der Waals surface area contributed by atoms with E-state index in [0.29, 0.717) is 29.5 Å². The molecule has 6 nitrogen and oxygen atoms in total. The molecule has 0 radical (unpaired) electrons. The molecule has 1 aliphatic heterocycles. The molecule has 7 heteroatoms. The highest BCUT2D eigenvalue weighted by Gasteiger charge is 2.35. The zero-order chi connectivity index (χ0) is 18.5. The first kappa shape index (κ1) is 18.4. The number of amides is 1. The molecule has 3 rings (SSSR count). The number of benzene rings is 1. The topological polar surface area (TPSA) is 60.9 Å². The second kappa shape index (κ2) is 8.31. The monoisotopic (exact) mass is 374 g/mol. The molecular weight excluding hydrogens is 352 g/mol. The summed E-state index contributed by atoms with van der Waals surface area (Å²) in [7, 11) is 4.77. The maximum atomic E-state index is 12.4. The van der Waals surface area contributed by atoms with Crippen LogP contribution in [0.15, 0.2) is 36.7 Å². The molecule has 1 atom stereocenters. The number of rotatable bonds is 7. The van der Waals surface area contributed by atoms with Gasteiger partial charge in [0.2, 0.25) is 11.7 Å². The van der Waals surface area contributed by atoms with Gasteiger partial charge in [-0.15, -0.1) is 11.8 Å². The van der Waals surface area contributed by atoms with Gasteiger partial charge in [-0.05, 0) is 30.2 Å². The second-order valence-electron chi connectivity index (χ2n) is 5.79. The fourth-order valence-electron chi connectivity index (χ4n) is 3.07. The quantitative estimate of drug-likeness (QED) is 0.743. The molecule has 2 aromatic rings.